The van der Waals surface area contributed by atoms with Crippen LogP contribution < -0.4 is 4.74 Å². The zero-order valence-corrected chi connectivity index (χ0v) is 14.7. The maximum Gasteiger partial charge on any atom is 0.263 e. The van der Waals surface area contributed by atoms with Crippen LogP contribution in [0.1, 0.15) is 25.8 Å². The summed E-state index contributed by atoms with van der Waals surface area (Å²) in [6.07, 6.45) is 0.768. The summed E-state index contributed by atoms with van der Waals surface area (Å²) in [4.78, 5) is 13.6. The Balaban J connectivity index is 2.37. The molecule has 0 spiro atoms. The number of amides is 1. The molecule has 0 saturated heterocycles. The second-order valence-electron chi connectivity index (χ2n) is 5.93. The van der Waals surface area contributed by atoms with Gasteiger partial charge < -0.3 is 9.64 Å². The van der Waals surface area contributed by atoms with Crippen molar-refractivity contribution in [1.29, 1.82) is 0 Å². The number of rotatable bonds is 6. The van der Waals surface area contributed by atoms with E-state index in [2.05, 4.69) is 6.92 Å². The van der Waals surface area contributed by atoms with E-state index in [-0.39, 0.29) is 11.7 Å². The van der Waals surface area contributed by atoms with Crippen molar-refractivity contribution in [3.05, 3.63) is 53.8 Å². The highest BCUT2D eigenvalue weighted by Crippen LogP contribution is 2.29. The van der Waals surface area contributed by atoms with Gasteiger partial charge in [0, 0.05) is 20.2 Å². The lowest BCUT2D eigenvalue weighted by Crippen LogP contribution is -2.37. The lowest BCUT2D eigenvalue weighted by atomic mass is 9.98. The van der Waals surface area contributed by atoms with E-state index < -0.39 is 6.10 Å². The average Bonchev–Trinajstić information content (AvgIpc) is 2.58. The molecule has 0 aromatic heterocycles. The first-order chi connectivity index (χ1) is 11.5. The minimum atomic E-state index is -0.615. The second-order valence-corrected chi connectivity index (χ2v) is 5.93. The number of carbonyl (C=O) groups excluding carboxylic acids is 1. The maximum absolute atomic E-state index is 14.1. The molecule has 0 aliphatic carbocycles. The van der Waals surface area contributed by atoms with Gasteiger partial charge in [-0.2, -0.15) is 0 Å². The minimum absolute atomic E-state index is 0.128. The molecule has 0 fully saturated rings. The first-order valence-corrected chi connectivity index (χ1v) is 8.23. The molecule has 4 heteroatoms. The molecule has 0 heterocycles. The highest BCUT2D eigenvalue weighted by Gasteiger charge is 2.20. The molecule has 2 aromatic carbocycles. The first kappa shape index (κ1) is 18.0. The highest BCUT2D eigenvalue weighted by molar-refractivity contribution is 5.80. The van der Waals surface area contributed by atoms with Crippen LogP contribution in [0.25, 0.3) is 11.1 Å². The number of halogens is 1. The standard InChI is InChI=1S/C20H24FNO2/c1-5-14-9-7-8-10-18(14)15-11-16(21)13-17(12-15)24-19(6-2)20(23)22(3)4/h7-13,19H,5-6H2,1-4H3. The van der Waals surface area contributed by atoms with Crippen molar-refractivity contribution in [2.24, 2.45) is 0 Å². The van der Waals surface area contributed by atoms with Gasteiger partial charge in [-0.1, -0.05) is 38.1 Å². The number of benzene rings is 2. The fraction of sp³-hybridized carbons (Fsp3) is 0.350. The van der Waals surface area contributed by atoms with Crippen molar-refractivity contribution in [2.45, 2.75) is 32.8 Å². The normalized spacial score (nSPS) is 11.9. The van der Waals surface area contributed by atoms with Crippen LogP contribution in [0.5, 0.6) is 5.75 Å². The Labute approximate surface area is 143 Å². The van der Waals surface area contributed by atoms with Gasteiger partial charge in [-0.15, -0.1) is 0 Å². The van der Waals surface area contributed by atoms with Gasteiger partial charge in [-0.3, -0.25) is 4.79 Å². The van der Waals surface area contributed by atoms with E-state index in [0.29, 0.717) is 12.2 Å². The van der Waals surface area contributed by atoms with Crippen molar-refractivity contribution in [3.8, 4) is 16.9 Å². The quantitative estimate of drug-likeness (QED) is 0.791. The zero-order valence-electron chi connectivity index (χ0n) is 14.7. The summed E-state index contributed by atoms with van der Waals surface area (Å²) in [5.41, 5.74) is 2.89. The summed E-state index contributed by atoms with van der Waals surface area (Å²) in [5.74, 6) is -0.129. The first-order valence-electron chi connectivity index (χ1n) is 8.23. The smallest absolute Gasteiger partial charge is 0.263 e. The third-order valence-electron chi connectivity index (χ3n) is 3.95. The van der Waals surface area contributed by atoms with E-state index >= 15 is 0 Å². The molecule has 2 rings (SSSR count). The van der Waals surface area contributed by atoms with Crippen LogP contribution in [-0.4, -0.2) is 31.0 Å². The number of aryl methyl sites for hydroxylation is 1. The zero-order chi connectivity index (χ0) is 17.7. The molecule has 0 bridgehead atoms. The van der Waals surface area contributed by atoms with Crippen molar-refractivity contribution >= 4 is 5.91 Å². The van der Waals surface area contributed by atoms with E-state index in [1.165, 1.54) is 17.0 Å². The van der Waals surface area contributed by atoms with Gasteiger partial charge >= 0.3 is 0 Å². The van der Waals surface area contributed by atoms with E-state index in [9.17, 15) is 9.18 Å². The van der Waals surface area contributed by atoms with Crippen molar-refractivity contribution < 1.29 is 13.9 Å². The number of ether oxygens (including phenoxy) is 1. The molecule has 2 aromatic rings. The monoisotopic (exact) mass is 329 g/mol. The van der Waals surface area contributed by atoms with Crippen LogP contribution in [0.15, 0.2) is 42.5 Å². The van der Waals surface area contributed by atoms with Crippen LogP contribution in [0.4, 0.5) is 4.39 Å². The van der Waals surface area contributed by atoms with Gasteiger partial charge in [0.05, 0.1) is 0 Å². The maximum atomic E-state index is 14.1. The highest BCUT2D eigenvalue weighted by atomic mass is 19.1. The van der Waals surface area contributed by atoms with Crippen LogP contribution in [-0.2, 0) is 11.2 Å². The Hall–Kier alpha value is -2.36. The van der Waals surface area contributed by atoms with Crippen LogP contribution >= 0.6 is 0 Å². The topological polar surface area (TPSA) is 29.5 Å². The van der Waals surface area contributed by atoms with E-state index in [1.807, 2.05) is 31.2 Å². The molecule has 0 radical (unpaired) electrons. The summed E-state index contributed by atoms with van der Waals surface area (Å²) in [5, 5.41) is 0. The number of likely N-dealkylation sites (N-methyl/N-ethyl adjacent to an activating group) is 1. The van der Waals surface area contributed by atoms with Gasteiger partial charge in [-0.05, 0) is 41.7 Å². The van der Waals surface area contributed by atoms with Crippen molar-refractivity contribution in [3.63, 3.8) is 0 Å². The van der Waals surface area contributed by atoms with Crippen LogP contribution in [0, 0.1) is 5.82 Å². The van der Waals surface area contributed by atoms with Crippen molar-refractivity contribution in [2.75, 3.05) is 14.1 Å². The van der Waals surface area contributed by atoms with E-state index in [4.69, 9.17) is 4.74 Å². The fourth-order valence-electron chi connectivity index (χ4n) is 2.66. The SMILES string of the molecule is CCc1ccccc1-c1cc(F)cc(OC(CC)C(=O)N(C)C)c1. The molecular weight excluding hydrogens is 305 g/mol. The van der Waals surface area contributed by atoms with Crippen LogP contribution in [0.2, 0.25) is 0 Å². The minimum Gasteiger partial charge on any atom is -0.480 e. The summed E-state index contributed by atoms with van der Waals surface area (Å²) in [6.45, 7) is 3.94. The van der Waals surface area contributed by atoms with Crippen LogP contribution in [0.3, 0.4) is 0 Å². The number of carbonyl (C=O) groups is 1. The molecule has 0 N–H and O–H groups in total. The number of hydrogen-bond donors (Lipinski definition) is 0. The fourth-order valence-corrected chi connectivity index (χ4v) is 2.66. The van der Waals surface area contributed by atoms with E-state index in [1.54, 1.807) is 20.2 Å². The Morgan fingerprint density at radius 1 is 1.17 bits per heavy atom. The largest absolute Gasteiger partial charge is 0.480 e. The molecule has 0 aliphatic rings. The van der Waals surface area contributed by atoms with Crippen molar-refractivity contribution in [1.82, 2.24) is 4.90 Å². The van der Waals surface area contributed by atoms with Gasteiger partial charge in [0.15, 0.2) is 6.10 Å². The van der Waals surface area contributed by atoms with Gasteiger partial charge in [0.2, 0.25) is 0 Å². The predicted molar refractivity (Wildman–Crippen MR) is 94.6 cm³/mol. The number of nitrogens with zero attached hydrogens (tertiary/aromatic N) is 1. The Kier molecular flexibility index (Phi) is 5.96. The summed E-state index contributed by atoms with van der Waals surface area (Å²) < 4.78 is 19.9. The molecule has 0 aliphatic heterocycles. The third-order valence-corrected chi connectivity index (χ3v) is 3.95. The molecule has 1 atom stereocenters. The van der Waals surface area contributed by atoms with E-state index in [0.717, 1.165) is 23.1 Å². The molecule has 1 unspecified atom stereocenters. The third kappa shape index (κ3) is 4.13. The summed E-state index contributed by atoms with van der Waals surface area (Å²) >= 11 is 0. The predicted octanol–water partition coefficient (Wildman–Crippen LogP) is 4.30. The lowest BCUT2D eigenvalue weighted by Gasteiger charge is -2.21. The Morgan fingerprint density at radius 3 is 2.50 bits per heavy atom. The summed E-state index contributed by atoms with van der Waals surface area (Å²) in [7, 11) is 3.37. The second kappa shape index (κ2) is 7.95. The Morgan fingerprint density at radius 2 is 1.88 bits per heavy atom. The molecular formula is C20H24FNO2. The molecule has 24 heavy (non-hydrogen) atoms. The van der Waals surface area contributed by atoms with Gasteiger partial charge in [0.25, 0.3) is 5.91 Å². The van der Waals surface area contributed by atoms with Gasteiger partial charge in [0.1, 0.15) is 11.6 Å². The summed E-state index contributed by atoms with van der Waals surface area (Å²) in [6, 6.07) is 12.5. The molecule has 128 valence electrons. The molecule has 1 amide bonds. The number of hydrogen-bond acceptors (Lipinski definition) is 2. The molecule has 3 nitrogen and oxygen atoms in total. The Bertz CT molecular complexity index is 713. The van der Waals surface area contributed by atoms with Gasteiger partial charge in [-0.25, -0.2) is 4.39 Å². The average molecular weight is 329 g/mol. The lowest BCUT2D eigenvalue weighted by molar-refractivity contribution is -0.136. The molecule has 0 saturated carbocycles.